The SMILES string of the molecule is O=C(CCCc1ccccc1)Nc1cccc(C(=O)Nc2nccs2)c1. The first-order chi connectivity index (χ1) is 12.7. The number of hydrogen-bond donors (Lipinski definition) is 2. The van der Waals surface area contributed by atoms with Gasteiger partial charge in [-0.3, -0.25) is 14.9 Å². The van der Waals surface area contributed by atoms with Crippen molar-refractivity contribution >= 4 is 34.0 Å². The molecule has 0 atom stereocenters. The summed E-state index contributed by atoms with van der Waals surface area (Å²) in [6.07, 6.45) is 3.71. The zero-order valence-electron chi connectivity index (χ0n) is 14.1. The maximum absolute atomic E-state index is 12.2. The van der Waals surface area contributed by atoms with Crippen LogP contribution in [0.1, 0.15) is 28.8 Å². The first-order valence-electron chi connectivity index (χ1n) is 8.35. The highest BCUT2D eigenvalue weighted by Crippen LogP contribution is 2.15. The van der Waals surface area contributed by atoms with Gasteiger partial charge in [-0.2, -0.15) is 0 Å². The molecule has 6 heteroatoms. The molecule has 2 amide bonds. The van der Waals surface area contributed by atoms with E-state index in [2.05, 4.69) is 27.8 Å². The van der Waals surface area contributed by atoms with Gasteiger partial charge in [0.05, 0.1) is 0 Å². The van der Waals surface area contributed by atoms with Crippen LogP contribution in [-0.2, 0) is 11.2 Å². The lowest BCUT2D eigenvalue weighted by Crippen LogP contribution is -2.14. The Morgan fingerprint density at radius 2 is 1.85 bits per heavy atom. The molecule has 2 N–H and O–H groups in total. The fraction of sp³-hybridized carbons (Fsp3) is 0.150. The summed E-state index contributed by atoms with van der Waals surface area (Å²) in [6, 6.07) is 17.0. The van der Waals surface area contributed by atoms with Crippen LogP contribution >= 0.6 is 11.3 Å². The number of rotatable bonds is 7. The van der Waals surface area contributed by atoms with Crippen molar-refractivity contribution in [2.45, 2.75) is 19.3 Å². The summed E-state index contributed by atoms with van der Waals surface area (Å²) in [7, 11) is 0. The molecule has 1 heterocycles. The Morgan fingerprint density at radius 3 is 2.62 bits per heavy atom. The molecule has 0 fully saturated rings. The van der Waals surface area contributed by atoms with Gasteiger partial charge in [0.25, 0.3) is 5.91 Å². The summed E-state index contributed by atoms with van der Waals surface area (Å²) in [5.41, 5.74) is 2.31. The predicted molar refractivity (Wildman–Crippen MR) is 105 cm³/mol. The van der Waals surface area contributed by atoms with E-state index in [1.165, 1.54) is 16.9 Å². The van der Waals surface area contributed by atoms with Crippen LogP contribution in [0.15, 0.2) is 66.2 Å². The van der Waals surface area contributed by atoms with Crippen molar-refractivity contribution in [3.63, 3.8) is 0 Å². The molecular formula is C20H19N3O2S. The third-order valence-corrected chi connectivity index (χ3v) is 4.46. The molecule has 0 aliphatic carbocycles. The van der Waals surface area contributed by atoms with Gasteiger partial charge < -0.3 is 5.32 Å². The monoisotopic (exact) mass is 365 g/mol. The van der Waals surface area contributed by atoms with E-state index in [9.17, 15) is 9.59 Å². The van der Waals surface area contributed by atoms with Crippen molar-refractivity contribution in [3.05, 3.63) is 77.3 Å². The predicted octanol–water partition coefficient (Wildman–Crippen LogP) is 4.36. The third kappa shape index (κ3) is 5.26. The quantitative estimate of drug-likeness (QED) is 0.654. The van der Waals surface area contributed by atoms with Gasteiger partial charge in [0, 0.05) is 29.2 Å². The van der Waals surface area contributed by atoms with Crippen molar-refractivity contribution in [2.75, 3.05) is 10.6 Å². The van der Waals surface area contributed by atoms with E-state index in [0.717, 1.165) is 12.8 Å². The second kappa shape index (κ2) is 8.92. The summed E-state index contributed by atoms with van der Waals surface area (Å²) >= 11 is 1.36. The molecule has 0 bridgehead atoms. The molecule has 26 heavy (non-hydrogen) atoms. The van der Waals surface area contributed by atoms with Crippen molar-refractivity contribution < 1.29 is 9.59 Å². The molecule has 0 radical (unpaired) electrons. The number of nitrogens with zero attached hydrogens (tertiary/aromatic N) is 1. The van der Waals surface area contributed by atoms with Crippen molar-refractivity contribution in [1.82, 2.24) is 4.98 Å². The molecule has 132 valence electrons. The van der Waals surface area contributed by atoms with E-state index in [1.807, 2.05) is 18.2 Å². The van der Waals surface area contributed by atoms with E-state index >= 15 is 0 Å². The van der Waals surface area contributed by atoms with Gasteiger partial charge in [-0.15, -0.1) is 11.3 Å². The lowest BCUT2D eigenvalue weighted by molar-refractivity contribution is -0.116. The molecule has 3 aromatic rings. The minimum absolute atomic E-state index is 0.0570. The van der Waals surface area contributed by atoms with Gasteiger partial charge in [-0.05, 0) is 36.6 Å². The van der Waals surface area contributed by atoms with Crippen molar-refractivity contribution in [2.24, 2.45) is 0 Å². The number of thiazole rings is 1. The average molecular weight is 365 g/mol. The molecule has 0 aliphatic heterocycles. The first kappa shape index (κ1) is 17.8. The van der Waals surface area contributed by atoms with Crippen LogP contribution < -0.4 is 10.6 Å². The highest BCUT2D eigenvalue weighted by atomic mass is 32.1. The van der Waals surface area contributed by atoms with E-state index < -0.39 is 0 Å². The Hall–Kier alpha value is -2.99. The van der Waals surface area contributed by atoms with Crippen LogP contribution in [0.3, 0.4) is 0 Å². The summed E-state index contributed by atoms with van der Waals surface area (Å²) in [4.78, 5) is 28.4. The molecule has 0 spiro atoms. The molecule has 0 aliphatic rings. The van der Waals surface area contributed by atoms with E-state index in [4.69, 9.17) is 0 Å². The summed E-state index contributed by atoms with van der Waals surface area (Å²) in [5.74, 6) is -0.307. The lowest BCUT2D eigenvalue weighted by Gasteiger charge is -2.07. The smallest absolute Gasteiger partial charge is 0.257 e. The molecule has 0 saturated heterocycles. The van der Waals surface area contributed by atoms with E-state index in [1.54, 1.807) is 35.8 Å². The fourth-order valence-electron chi connectivity index (χ4n) is 2.51. The highest BCUT2D eigenvalue weighted by molar-refractivity contribution is 7.13. The van der Waals surface area contributed by atoms with Crippen molar-refractivity contribution in [3.8, 4) is 0 Å². The lowest BCUT2D eigenvalue weighted by atomic mass is 10.1. The van der Waals surface area contributed by atoms with Gasteiger partial charge in [0.2, 0.25) is 5.91 Å². The standard InChI is InChI=1S/C20H19N3O2S/c24-18(11-4-8-15-6-2-1-3-7-15)22-17-10-5-9-16(14-17)19(25)23-20-21-12-13-26-20/h1-3,5-7,9-10,12-14H,4,8,11H2,(H,22,24)(H,21,23,25). The maximum Gasteiger partial charge on any atom is 0.257 e. The maximum atomic E-state index is 12.2. The van der Waals surface area contributed by atoms with Crippen molar-refractivity contribution in [1.29, 1.82) is 0 Å². The van der Waals surface area contributed by atoms with Crippen LogP contribution in [0.25, 0.3) is 0 Å². The van der Waals surface area contributed by atoms with Crippen LogP contribution in [0.4, 0.5) is 10.8 Å². The number of anilines is 2. The second-order valence-electron chi connectivity index (χ2n) is 5.76. The van der Waals surface area contributed by atoms with Crippen LogP contribution in [-0.4, -0.2) is 16.8 Å². The average Bonchev–Trinajstić information content (AvgIpc) is 3.16. The summed E-state index contributed by atoms with van der Waals surface area (Å²) in [5, 5.41) is 7.92. The molecule has 3 rings (SSSR count). The fourth-order valence-corrected chi connectivity index (χ4v) is 3.04. The second-order valence-corrected chi connectivity index (χ2v) is 6.65. The van der Waals surface area contributed by atoms with Gasteiger partial charge in [0.1, 0.15) is 0 Å². The topological polar surface area (TPSA) is 71.1 Å². The zero-order valence-corrected chi connectivity index (χ0v) is 15.0. The molecule has 0 unspecified atom stereocenters. The number of carbonyl (C=O) groups excluding carboxylic acids is 2. The van der Waals surface area contributed by atoms with Crippen LogP contribution in [0.5, 0.6) is 0 Å². The number of carbonyl (C=O) groups is 2. The Bertz CT molecular complexity index is 864. The van der Waals surface area contributed by atoms with Crippen LogP contribution in [0.2, 0.25) is 0 Å². The number of amides is 2. The zero-order chi connectivity index (χ0) is 18.2. The Balaban J connectivity index is 1.51. The highest BCUT2D eigenvalue weighted by Gasteiger charge is 2.09. The first-order valence-corrected chi connectivity index (χ1v) is 9.23. The molecule has 2 aromatic carbocycles. The number of nitrogens with one attached hydrogen (secondary N) is 2. The number of benzene rings is 2. The minimum atomic E-state index is -0.250. The Morgan fingerprint density at radius 1 is 1.00 bits per heavy atom. The van der Waals surface area contributed by atoms with Gasteiger partial charge >= 0.3 is 0 Å². The summed E-state index contributed by atoms with van der Waals surface area (Å²) < 4.78 is 0. The van der Waals surface area contributed by atoms with Gasteiger partial charge in [-0.25, -0.2) is 4.98 Å². The molecule has 0 saturated carbocycles. The number of aryl methyl sites for hydroxylation is 1. The van der Waals surface area contributed by atoms with Crippen LogP contribution in [0, 0.1) is 0 Å². The number of hydrogen-bond acceptors (Lipinski definition) is 4. The molecular weight excluding hydrogens is 346 g/mol. The Kier molecular flexibility index (Phi) is 6.11. The Labute approximate surface area is 156 Å². The molecule has 5 nitrogen and oxygen atoms in total. The van der Waals surface area contributed by atoms with E-state index in [-0.39, 0.29) is 11.8 Å². The van der Waals surface area contributed by atoms with Gasteiger partial charge in [0.15, 0.2) is 5.13 Å². The largest absolute Gasteiger partial charge is 0.326 e. The van der Waals surface area contributed by atoms with E-state index in [0.29, 0.717) is 22.8 Å². The summed E-state index contributed by atoms with van der Waals surface area (Å²) in [6.45, 7) is 0. The number of aromatic nitrogens is 1. The minimum Gasteiger partial charge on any atom is -0.326 e. The normalized spacial score (nSPS) is 10.3. The molecule has 1 aromatic heterocycles. The third-order valence-electron chi connectivity index (χ3n) is 3.77. The van der Waals surface area contributed by atoms with Gasteiger partial charge in [-0.1, -0.05) is 36.4 Å².